The molecule has 0 saturated heterocycles. The van der Waals surface area contributed by atoms with Gasteiger partial charge in [-0.3, -0.25) is 0 Å². The van der Waals surface area contributed by atoms with E-state index in [1.54, 1.807) is 6.20 Å². The fraction of sp³-hybridized carbons (Fsp3) is 0.333. The van der Waals surface area contributed by atoms with Gasteiger partial charge in [0.15, 0.2) is 0 Å². The van der Waals surface area contributed by atoms with E-state index in [1.165, 1.54) is 11.1 Å². The summed E-state index contributed by atoms with van der Waals surface area (Å²) in [5.41, 5.74) is 5.89. The summed E-state index contributed by atoms with van der Waals surface area (Å²) in [5.74, 6) is 0. The molecule has 26 heavy (non-hydrogen) atoms. The first kappa shape index (κ1) is 19.8. The van der Waals surface area contributed by atoms with Crippen LogP contribution in [0.4, 0.5) is 5.69 Å². The van der Waals surface area contributed by atoms with Crippen molar-refractivity contribution in [1.29, 1.82) is 0 Å². The average molecular weight is 349 g/mol. The second kappa shape index (κ2) is 7.41. The second-order valence-electron chi connectivity index (χ2n) is 8.17. The molecule has 2 aromatic rings. The van der Waals surface area contributed by atoms with E-state index in [1.807, 2.05) is 10.8 Å². The van der Waals surface area contributed by atoms with E-state index in [2.05, 4.69) is 78.5 Å². The van der Waals surface area contributed by atoms with Crippen molar-refractivity contribution in [2.45, 2.75) is 47.5 Å². The van der Waals surface area contributed by atoms with Crippen molar-refractivity contribution >= 4 is 41.5 Å². The number of rotatable bonds is 6. The van der Waals surface area contributed by atoms with Crippen molar-refractivity contribution in [2.24, 2.45) is 5.41 Å². The number of benzene rings is 1. The van der Waals surface area contributed by atoms with E-state index < -0.39 is 0 Å². The van der Waals surface area contributed by atoms with Crippen LogP contribution in [0.5, 0.6) is 0 Å². The largest absolute Gasteiger partial charge is 0.361 e. The predicted octanol–water partition coefficient (Wildman–Crippen LogP) is 5.66. The molecule has 0 amide bonds. The number of fused-ring (bicyclic) bond motifs is 1. The number of aromatic nitrogens is 1. The monoisotopic (exact) mass is 348 g/mol. The highest BCUT2D eigenvalue weighted by molar-refractivity contribution is 5.95. The molecule has 0 spiro atoms. The first-order chi connectivity index (χ1) is 12.1. The zero-order valence-electron chi connectivity index (χ0n) is 17.0. The fourth-order valence-corrected chi connectivity index (χ4v) is 3.55. The Morgan fingerprint density at radius 2 is 1.85 bits per heavy atom. The van der Waals surface area contributed by atoms with Gasteiger partial charge in [0.25, 0.3) is 0 Å². The zero-order valence-corrected chi connectivity index (χ0v) is 17.0. The minimum absolute atomic E-state index is 0.325. The van der Waals surface area contributed by atoms with Gasteiger partial charge in [0, 0.05) is 28.6 Å². The Hall–Kier alpha value is -2.48. The summed E-state index contributed by atoms with van der Waals surface area (Å²) in [6.45, 7) is 27.6. The molecule has 2 rings (SSSR count). The molecule has 0 atom stereocenters. The SMILES string of the molecule is C=CNc1c(/C(C)=C\CCC(C)(C)C)c(=C)c2c(C)cn(C=C)c2c1=C. The van der Waals surface area contributed by atoms with Crippen LogP contribution in [0.1, 0.15) is 51.7 Å². The summed E-state index contributed by atoms with van der Waals surface area (Å²) in [4.78, 5) is 0. The van der Waals surface area contributed by atoms with Gasteiger partial charge in [0.05, 0.1) is 11.2 Å². The van der Waals surface area contributed by atoms with Gasteiger partial charge in [-0.25, -0.2) is 0 Å². The van der Waals surface area contributed by atoms with Gasteiger partial charge < -0.3 is 9.88 Å². The lowest BCUT2D eigenvalue weighted by Gasteiger charge is -2.18. The van der Waals surface area contributed by atoms with Crippen molar-refractivity contribution < 1.29 is 0 Å². The van der Waals surface area contributed by atoms with E-state index in [-0.39, 0.29) is 0 Å². The van der Waals surface area contributed by atoms with E-state index in [0.29, 0.717) is 5.41 Å². The summed E-state index contributed by atoms with van der Waals surface area (Å²) in [5, 5.41) is 6.42. The summed E-state index contributed by atoms with van der Waals surface area (Å²) in [6, 6.07) is 0. The third kappa shape index (κ3) is 3.70. The number of nitrogens with zero attached hydrogens (tertiary/aromatic N) is 1. The summed E-state index contributed by atoms with van der Waals surface area (Å²) in [6.07, 6.45) is 10.1. The number of nitrogens with one attached hydrogen (secondary N) is 1. The molecule has 138 valence electrons. The van der Waals surface area contributed by atoms with E-state index in [4.69, 9.17) is 0 Å². The van der Waals surface area contributed by atoms with Crippen LogP contribution in [0.3, 0.4) is 0 Å². The van der Waals surface area contributed by atoms with Crippen LogP contribution in [0.2, 0.25) is 0 Å². The Balaban J connectivity index is 2.76. The Kier molecular flexibility index (Phi) is 5.65. The topological polar surface area (TPSA) is 17.0 Å². The van der Waals surface area contributed by atoms with Crippen molar-refractivity contribution in [2.75, 3.05) is 5.32 Å². The smallest absolute Gasteiger partial charge is 0.0618 e. The van der Waals surface area contributed by atoms with Crippen LogP contribution in [0.15, 0.2) is 31.6 Å². The van der Waals surface area contributed by atoms with Crippen molar-refractivity contribution in [3.05, 3.63) is 53.2 Å². The van der Waals surface area contributed by atoms with Crippen LogP contribution < -0.4 is 15.8 Å². The molecular weight excluding hydrogens is 316 g/mol. The summed E-state index contributed by atoms with van der Waals surface area (Å²) >= 11 is 0. The molecule has 0 bridgehead atoms. The number of hydrogen-bond donors (Lipinski definition) is 1. The molecule has 2 nitrogen and oxygen atoms in total. The lowest BCUT2D eigenvalue weighted by molar-refractivity contribution is 0.381. The summed E-state index contributed by atoms with van der Waals surface area (Å²) < 4.78 is 2.03. The molecule has 0 saturated carbocycles. The van der Waals surface area contributed by atoms with Gasteiger partial charge in [0.2, 0.25) is 0 Å². The van der Waals surface area contributed by atoms with Gasteiger partial charge in [-0.1, -0.05) is 53.2 Å². The van der Waals surface area contributed by atoms with E-state index >= 15 is 0 Å². The maximum atomic E-state index is 4.43. The minimum atomic E-state index is 0.325. The van der Waals surface area contributed by atoms with Crippen LogP contribution in [-0.4, -0.2) is 4.57 Å². The molecular formula is C24H32N2. The maximum Gasteiger partial charge on any atom is 0.0618 e. The first-order valence-electron chi connectivity index (χ1n) is 9.14. The highest BCUT2D eigenvalue weighted by Crippen LogP contribution is 2.26. The summed E-state index contributed by atoms with van der Waals surface area (Å²) in [7, 11) is 0. The molecule has 0 aliphatic heterocycles. The average Bonchev–Trinajstić information content (AvgIpc) is 2.88. The molecule has 1 heterocycles. The highest BCUT2D eigenvalue weighted by Gasteiger charge is 2.16. The van der Waals surface area contributed by atoms with Gasteiger partial charge in [-0.2, -0.15) is 0 Å². The van der Waals surface area contributed by atoms with Crippen LogP contribution in [-0.2, 0) is 0 Å². The molecule has 1 aromatic carbocycles. The molecule has 0 radical (unpaired) electrons. The first-order valence-corrected chi connectivity index (χ1v) is 9.14. The molecule has 0 aliphatic carbocycles. The number of allylic oxidation sites excluding steroid dienone is 2. The lowest BCUT2D eigenvalue weighted by atomic mass is 9.89. The quantitative estimate of drug-likeness (QED) is 0.713. The molecule has 0 unspecified atom stereocenters. The normalized spacial score (nSPS) is 12.4. The van der Waals surface area contributed by atoms with Crippen molar-refractivity contribution in [3.63, 3.8) is 0 Å². The molecule has 1 N–H and O–H groups in total. The standard InChI is InChI=1S/C24H32N2/c1-10-25-22-19(6)23-21(17(4)15-26(23)11-2)18(5)20(22)16(3)13-12-14-24(7,8)9/h10-11,13,15,25H,1-2,5-6,12,14H2,3-4,7-9H3/b16-13-. The van der Waals surface area contributed by atoms with Crippen molar-refractivity contribution in [1.82, 2.24) is 4.57 Å². The molecule has 1 aromatic heterocycles. The lowest BCUT2D eigenvalue weighted by Crippen LogP contribution is -2.21. The Bertz CT molecular complexity index is 978. The third-order valence-electron chi connectivity index (χ3n) is 4.85. The number of hydrogen-bond acceptors (Lipinski definition) is 1. The Labute approximate surface area is 157 Å². The van der Waals surface area contributed by atoms with Crippen LogP contribution >= 0.6 is 0 Å². The molecule has 0 fully saturated rings. The van der Waals surface area contributed by atoms with Crippen molar-refractivity contribution in [3.8, 4) is 0 Å². The third-order valence-corrected chi connectivity index (χ3v) is 4.85. The second-order valence-corrected chi connectivity index (χ2v) is 8.17. The van der Waals surface area contributed by atoms with Gasteiger partial charge in [-0.15, -0.1) is 0 Å². The zero-order chi connectivity index (χ0) is 19.6. The van der Waals surface area contributed by atoms with Crippen LogP contribution in [0, 0.1) is 12.3 Å². The Morgan fingerprint density at radius 3 is 2.38 bits per heavy atom. The van der Waals surface area contributed by atoms with Gasteiger partial charge in [-0.05, 0) is 54.7 Å². The number of aryl methyl sites for hydroxylation is 1. The Morgan fingerprint density at radius 1 is 1.19 bits per heavy atom. The molecule has 2 heteroatoms. The fourth-order valence-electron chi connectivity index (χ4n) is 3.55. The predicted molar refractivity (Wildman–Crippen MR) is 120 cm³/mol. The number of anilines is 1. The van der Waals surface area contributed by atoms with Gasteiger partial charge in [0.1, 0.15) is 0 Å². The van der Waals surface area contributed by atoms with Gasteiger partial charge >= 0.3 is 0 Å². The highest BCUT2D eigenvalue weighted by atomic mass is 14.9. The van der Waals surface area contributed by atoms with E-state index in [9.17, 15) is 0 Å². The molecule has 0 aliphatic rings. The minimum Gasteiger partial charge on any atom is -0.361 e. The maximum absolute atomic E-state index is 4.43. The van der Waals surface area contributed by atoms with E-state index in [0.717, 1.165) is 45.4 Å². The van der Waals surface area contributed by atoms with Crippen LogP contribution in [0.25, 0.3) is 35.8 Å².